The van der Waals surface area contributed by atoms with Crippen molar-refractivity contribution >= 4 is 11.8 Å². The number of aliphatic hydroxyl groups is 1. The van der Waals surface area contributed by atoms with Crippen molar-refractivity contribution in [3.05, 3.63) is 70.8 Å². The molecule has 0 aliphatic carbocycles. The molecular weight excluding hydrogens is 308 g/mol. The molecule has 0 aromatic heterocycles. The quantitative estimate of drug-likeness (QED) is 0.843. The minimum Gasteiger partial charge on any atom is -0.481 e. The molecule has 0 fully saturated rings. The molecule has 5 heteroatoms. The predicted molar refractivity (Wildman–Crippen MR) is 86.7 cm³/mol. The number of carboxylic acid groups (broad SMARTS) is 1. The summed E-state index contributed by atoms with van der Waals surface area (Å²) in [5.41, 5.74) is 2.07. The molecule has 0 saturated carbocycles. The van der Waals surface area contributed by atoms with Crippen LogP contribution in [0.1, 0.15) is 40.4 Å². The molecule has 124 valence electrons. The third kappa shape index (κ3) is 3.09. The molecule has 0 amide bonds. The molecule has 24 heavy (non-hydrogen) atoms. The molecule has 3 rings (SSSR count). The van der Waals surface area contributed by atoms with Gasteiger partial charge in [-0.3, -0.25) is 9.59 Å². The van der Waals surface area contributed by atoms with Crippen LogP contribution in [0.2, 0.25) is 0 Å². The molecule has 1 aliphatic heterocycles. The van der Waals surface area contributed by atoms with Crippen molar-refractivity contribution in [3.8, 4) is 0 Å². The summed E-state index contributed by atoms with van der Waals surface area (Å²) in [4.78, 5) is 23.7. The Morgan fingerprint density at radius 2 is 1.88 bits per heavy atom. The van der Waals surface area contributed by atoms with Crippen molar-refractivity contribution in [2.24, 2.45) is 0 Å². The van der Waals surface area contributed by atoms with Gasteiger partial charge in [0, 0.05) is 16.7 Å². The highest BCUT2D eigenvalue weighted by Gasteiger charge is 2.41. The number of carbonyl (C=O) groups is 2. The highest BCUT2D eigenvalue weighted by Crippen LogP contribution is 2.37. The Morgan fingerprint density at radius 3 is 2.54 bits per heavy atom. The summed E-state index contributed by atoms with van der Waals surface area (Å²) in [6.07, 6.45) is -0.331. The lowest BCUT2D eigenvalue weighted by atomic mass is 9.87. The Balaban J connectivity index is 2.04. The Labute approximate surface area is 139 Å². The van der Waals surface area contributed by atoms with Gasteiger partial charge in [-0.2, -0.15) is 0 Å². The van der Waals surface area contributed by atoms with E-state index < -0.39 is 18.2 Å². The number of ether oxygens (including phenoxy) is 1. The van der Waals surface area contributed by atoms with Crippen LogP contribution >= 0.6 is 0 Å². The lowest BCUT2D eigenvalue weighted by Crippen LogP contribution is -2.41. The van der Waals surface area contributed by atoms with Crippen LogP contribution in [0.15, 0.2) is 48.5 Å². The van der Waals surface area contributed by atoms with Gasteiger partial charge < -0.3 is 14.9 Å². The number of carbonyl (C=O) groups excluding carboxylic acids is 1. The predicted octanol–water partition coefficient (Wildman–Crippen LogP) is 2.50. The molecule has 0 radical (unpaired) electrons. The zero-order valence-corrected chi connectivity index (χ0v) is 13.2. The second-order valence-electron chi connectivity index (χ2n) is 6.05. The number of fused-ring (bicyclic) bond motifs is 1. The number of ketones is 1. The molecule has 0 spiro atoms. The van der Waals surface area contributed by atoms with Crippen LogP contribution in [0, 0.1) is 0 Å². The van der Waals surface area contributed by atoms with E-state index in [2.05, 4.69) is 0 Å². The number of carboxylic acids is 1. The summed E-state index contributed by atoms with van der Waals surface area (Å²) in [6.45, 7) is 1.78. The van der Waals surface area contributed by atoms with Gasteiger partial charge in [0.2, 0.25) is 5.79 Å². The number of aliphatic carboxylic acids is 1. The Kier molecular flexibility index (Phi) is 4.22. The van der Waals surface area contributed by atoms with E-state index in [0.29, 0.717) is 23.1 Å². The maximum Gasteiger partial charge on any atom is 0.309 e. The summed E-state index contributed by atoms with van der Waals surface area (Å²) in [5.74, 6) is -3.28. The van der Waals surface area contributed by atoms with Crippen LogP contribution in [0.4, 0.5) is 0 Å². The Hall–Kier alpha value is -2.50. The summed E-state index contributed by atoms with van der Waals surface area (Å²) in [6, 6.07) is 13.8. The fourth-order valence-electron chi connectivity index (χ4n) is 3.11. The third-order valence-electron chi connectivity index (χ3n) is 4.12. The van der Waals surface area contributed by atoms with Gasteiger partial charge in [0.15, 0.2) is 5.78 Å². The molecule has 2 aromatic carbocycles. The van der Waals surface area contributed by atoms with Gasteiger partial charge in [0.05, 0.1) is 6.10 Å². The number of benzene rings is 2. The van der Waals surface area contributed by atoms with E-state index in [1.54, 1.807) is 49.4 Å². The van der Waals surface area contributed by atoms with Crippen LogP contribution in [-0.2, 0) is 21.7 Å². The largest absolute Gasteiger partial charge is 0.481 e. The van der Waals surface area contributed by atoms with E-state index in [1.807, 2.05) is 6.07 Å². The smallest absolute Gasteiger partial charge is 0.309 e. The van der Waals surface area contributed by atoms with E-state index in [-0.39, 0.29) is 11.9 Å². The minimum atomic E-state index is -1.92. The van der Waals surface area contributed by atoms with Gasteiger partial charge in [-0.1, -0.05) is 42.5 Å². The minimum absolute atomic E-state index is 0.185. The first-order chi connectivity index (χ1) is 11.4. The second-order valence-corrected chi connectivity index (χ2v) is 6.05. The van der Waals surface area contributed by atoms with Crippen LogP contribution < -0.4 is 0 Å². The van der Waals surface area contributed by atoms with Crippen molar-refractivity contribution in [1.29, 1.82) is 0 Å². The molecule has 1 unspecified atom stereocenters. The average molecular weight is 326 g/mol. The third-order valence-corrected chi connectivity index (χ3v) is 4.12. The number of rotatable bonds is 4. The van der Waals surface area contributed by atoms with Crippen molar-refractivity contribution in [2.75, 3.05) is 0 Å². The summed E-state index contributed by atoms with van der Waals surface area (Å²) in [5, 5.41) is 19.8. The Bertz CT molecular complexity index is 784. The first-order valence-corrected chi connectivity index (χ1v) is 7.74. The lowest BCUT2D eigenvalue weighted by molar-refractivity contribution is -0.247. The first kappa shape index (κ1) is 16.4. The summed E-state index contributed by atoms with van der Waals surface area (Å²) >= 11 is 0. The fourth-order valence-corrected chi connectivity index (χ4v) is 3.11. The molecule has 2 N–H and O–H groups in total. The van der Waals surface area contributed by atoms with Crippen LogP contribution in [-0.4, -0.2) is 28.1 Å². The van der Waals surface area contributed by atoms with Gasteiger partial charge in [-0.05, 0) is 25.0 Å². The van der Waals surface area contributed by atoms with E-state index in [0.717, 1.165) is 5.56 Å². The molecule has 0 bridgehead atoms. The maximum absolute atomic E-state index is 12.6. The van der Waals surface area contributed by atoms with Crippen molar-refractivity contribution in [1.82, 2.24) is 0 Å². The van der Waals surface area contributed by atoms with Crippen molar-refractivity contribution in [2.45, 2.75) is 31.7 Å². The fraction of sp³-hybridized carbons (Fsp3) is 0.263. The van der Waals surface area contributed by atoms with Gasteiger partial charge in [0.25, 0.3) is 0 Å². The van der Waals surface area contributed by atoms with Gasteiger partial charge in [-0.15, -0.1) is 0 Å². The zero-order valence-electron chi connectivity index (χ0n) is 13.2. The SMILES string of the molecule is C[C@@H]1Cc2ccc(C(=O)c3ccccc3)cc2C(O)(CC(=O)O)O1. The summed E-state index contributed by atoms with van der Waals surface area (Å²) < 4.78 is 5.51. The van der Waals surface area contributed by atoms with E-state index in [9.17, 15) is 14.7 Å². The van der Waals surface area contributed by atoms with Crippen molar-refractivity contribution in [3.63, 3.8) is 0 Å². The molecule has 0 saturated heterocycles. The number of hydrogen-bond donors (Lipinski definition) is 2. The van der Waals surface area contributed by atoms with E-state index >= 15 is 0 Å². The zero-order chi connectivity index (χ0) is 17.3. The Morgan fingerprint density at radius 1 is 1.17 bits per heavy atom. The first-order valence-electron chi connectivity index (χ1n) is 7.74. The van der Waals surface area contributed by atoms with Gasteiger partial charge in [0.1, 0.15) is 6.42 Å². The highest BCUT2D eigenvalue weighted by molar-refractivity contribution is 6.09. The molecule has 1 heterocycles. The topological polar surface area (TPSA) is 83.8 Å². The highest BCUT2D eigenvalue weighted by atomic mass is 16.6. The van der Waals surface area contributed by atoms with Crippen LogP contribution in [0.25, 0.3) is 0 Å². The van der Waals surface area contributed by atoms with Gasteiger partial charge in [-0.25, -0.2) is 0 Å². The number of hydrogen-bond acceptors (Lipinski definition) is 4. The molecular formula is C19H18O5. The average Bonchev–Trinajstić information content (AvgIpc) is 2.53. The molecule has 5 nitrogen and oxygen atoms in total. The molecule has 2 atom stereocenters. The van der Waals surface area contributed by atoms with Crippen LogP contribution in [0.3, 0.4) is 0 Å². The molecule has 1 aliphatic rings. The van der Waals surface area contributed by atoms with E-state index in [4.69, 9.17) is 9.84 Å². The van der Waals surface area contributed by atoms with Crippen LogP contribution in [0.5, 0.6) is 0 Å². The van der Waals surface area contributed by atoms with E-state index in [1.165, 1.54) is 0 Å². The summed E-state index contributed by atoms with van der Waals surface area (Å²) in [7, 11) is 0. The second kappa shape index (κ2) is 6.19. The maximum atomic E-state index is 12.6. The van der Waals surface area contributed by atoms with Gasteiger partial charge >= 0.3 is 5.97 Å². The lowest BCUT2D eigenvalue weighted by Gasteiger charge is -2.37. The van der Waals surface area contributed by atoms with Crippen molar-refractivity contribution < 1.29 is 24.5 Å². The standard InChI is InChI=1S/C19H18O5/c1-12-9-14-7-8-15(18(22)13-5-3-2-4-6-13)10-16(14)19(23,24-12)11-17(20)21/h2-8,10,12,23H,9,11H2,1H3,(H,20,21)/t12-,19?/m1/s1. The molecule has 2 aromatic rings. The normalized spacial score (nSPS) is 22.7. The monoisotopic (exact) mass is 326 g/mol.